The van der Waals surface area contributed by atoms with Gasteiger partial charge < -0.3 is 34.6 Å². The summed E-state index contributed by atoms with van der Waals surface area (Å²) in [6.45, 7) is 15.4. The lowest BCUT2D eigenvalue weighted by molar-refractivity contribution is 0.0581. The van der Waals surface area contributed by atoms with Crippen LogP contribution in [0.4, 0.5) is 0 Å². The normalized spacial score (nSPS) is 12.1. The number of carbonyl (C=O) groups excluding carboxylic acids is 2. The van der Waals surface area contributed by atoms with Gasteiger partial charge in [-0.1, -0.05) is 147 Å². The number of amides is 2. The van der Waals surface area contributed by atoms with Crippen LogP contribution in [0.2, 0.25) is 17.1 Å². The standard InChI is InChI=1S/C31H35BClN3O4.C30H32ClN3O3/c1-20(2)27(36(18-8-17-34-32(4)39)31(38)23-13-11-21(3)12-14-23)29-25(19-22-9-6-5-7-10-22)28(37)24-15-16-26(33)35-30(24)40-29;1-19(2)26(34(17-7-16-32)30(36)22-12-10-20(3)11-13-22)28-24(18-21-8-5-4-6-9-21)27(35)23-14-15-25(31)33-29(23)37-28/h5-7,9-16,20,27,34,39H,8,17-19H2,1-4H3;4-6,8-15,19,26H,7,16-18,32H2,1-3H3. The molecule has 0 aliphatic heterocycles. The molecule has 8 rings (SSSR count). The molecule has 2 amide bonds. The second-order valence-electron chi connectivity index (χ2n) is 20.1. The third-order valence-corrected chi connectivity index (χ3v) is 13.8. The Hall–Kier alpha value is -6.94. The number of aryl methyl sites for hydroxylation is 2. The molecule has 4 aromatic heterocycles. The van der Waals surface area contributed by atoms with Gasteiger partial charge in [-0.25, -0.2) is 9.97 Å². The predicted molar refractivity (Wildman–Crippen MR) is 309 cm³/mol. The number of nitrogens with one attached hydrogen (secondary N) is 1. The third-order valence-electron chi connectivity index (χ3n) is 13.4. The van der Waals surface area contributed by atoms with Crippen LogP contribution >= 0.6 is 23.2 Å². The van der Waals surface area contributed by atoms with Crippen LogP contribution in [-0.4, -0.2) is 69.8 Å². The number of rotatable bonds is 20. The van der Waals surface area contributed by atoms with Crippen LogP contribution < -0.4 is 21.8 Å². The summed E-state index contributed by atoms with van der Waals surface area (Å²) in [4.78, 5) is 67.9. The molecule has 400 valence electrons. The van der Waals surface area contributed by atoms with Crippen molar-refractivity contribution < 1.29 is 23.4 Å². The Morgan fingerprint density at radius 1 is 0.610 bits per heavy atom. The van der Waals surface area contributed by atoms with Crippen LogP contribution in [-0.2, 0) is 12.8 Å². The maximum Gasteiger partial charge on any atom is 0.373 e. The highest BCUT2D eigenvalue weighted by Crippen LogP contribution is 2.36. The quantitative estimate of drug-likeness (QED) is 0.0375. The lowest BCUT2D eigenvalue weighted by atomic mass is 9.89. The van der Waals surface area contributed by atoms with E-state index in [1.807, 2.05) is 151 Å². The smallest absolute Gasteiger partial charge is 0.373 e. The monoisotopic (exact) mass is 1080 g/mol. The number of hydrogen-bond donors (Lipinski definition) is 3. The van der Waals surface area contributed by atoms with Gasteiger partial charge in [-0.15, -0.1) is 0 Å². The number of benzene rings is 4. The van der Waals surface area contributed by atoms with Crippen LogP contribution in [0.5, 0.6) is 0 Å². The maximum atomic E-state index is 14.1. The minimum atomic E-state index is -0.658. The second-order valence-corrected chi connectivity index (χ2v) is 20.9. The van der Waals surface area contributed by atoms with Crippen molar-refractivity contribution in [3.8, 4) is 0 Å². The van der Waals surface area contributed by atoms with Crippen LogP contribution in [0.1, 0.15) is 118 Å². The van der Waals surface area contributed by atoms with Crippen molar-refractivity contribution in [2.75, 3.05) is 26.2 Å². The Kier molecular flexibility index (Phi) is 20.2. The minimum absolute atomic E-state index is 0.0681. The molecule has 0 saturated heterocycles. The number of aromatic nitrogens is 2. The van der Waals surface area contributed by atoms with E-state index in [-0.39, 0.29) is 56.2 Å². The van der Waals surface area contributed by atoms with Crippen molar-refractivity contribution in [3.05, 3.63) is 220 Å². The minimum Gasteiger partial charge on any atom is -0.440 e. The Labute approximate surface area is 460 Å². The second kappa shape index (κ2) is 26.9. The highest BCUT2D eigenvalue weighted by Gasteiger charge is 2.36. The third kappa shape index (κ3) is 14.6. The number of carbonyl (C=O) groups is 2. The molecule has 2 unspecified atom stereocenters. The van der Waals surface area contributed by atoms with Crippen molar-refractivity contribution in [1.29, 1.82) is 0 Å². The molecule has 0 saturated carbocycles. The van der Waals surface area contributed by atoms with E-state index in [0.29, 0.717) is 96.4 Å². The summed E-state index contributed by atoms with van der Waals surface area (Å²) in [6.07, 6.45) is 1.90. The number of fused-ring (bicyclic) bond motifs is 2. The number of halogens is 2. The van der Waals surface area contributed by atoms with Crippen LogP contribution in [0.25, 0.3) is 22.2 Å². The van der Waals surface area contributed by atoms with E-state index in [2.05, 4.69) is 15.2 Å². The van der Waals surface area contributed by atoms with Gasteiger partial charge in [0.15, 0.2) is 10.9 Å². The SMILES string of the molecule is CB(O)NCCCN(C(=O)c1ccc(C)cc1)C(c1oc2nc(Cl)ccc2c(=O)c1Cc1ccccc1)C(C)C.Cc1ccc(C(=O)N(CCCN)C(c2oc3nc(Cl)ccc3c(=O)c2Cc2ccccc2)C(C)C)cc1. The summed E-state index contributed by atoms with van der Waals surface area (Å²) in [5.74, 6) is 0.372. The van der Waals surface area contributed by atoms with Crippen molar-refractivity contribution in [2.24, 2.45) is 17.6 Å². The Bertz CT molecular complexity index is 3390. The maximum absolute atomic E-state index is 14.1. The van der Waals surface area contributed by atoms with E-state index in [1.165, 1.54) is 0 Å². The fourth-order valence-electron chi connectivity index (χ4n) is 9.52. The summed E-state index contributed by atoms with van der Waals surface area (Å²) in [5.41, 5.74) is 12.0. The van der Waals surface area contributed by atoms with Gasteiger partial charge in [0, 0.05) is 48.2 Å². The van der Waals surface area contributed by atoms with Gasteiger partial charge in [-0.05, 0) is 118 Å². The van der Waals surface area contributed by atoms with Gasteiger partial charge in [0.05, 0.1) is 22.9 Å². The van der Waals surface area contributed by atoms with E-state index in [9.17, 15) is 24.2 Å². The average Bonchev–Trinajstić information content (AvgIpc) is 3.46. The molecule has 4 heterocycles. The van der Waals surface area contributed by atoms with Gasteiger partial charge in [0.1, 0.15) is 21.8 Å². The average molecular weight is 1080 g/mol. The first-order valence-electron chi connectivity index (χ1n) is 26.1. The van der Waals surface area contributed by atoms with Gasteiger partial charge >= 0.3 is 7.05 Å². The molecule has 2 atom stereocenters. The molecule has 0 fully saturated rings. The predicted octanol–water partition coefficient (Wildman–Crippen LogP) is 11.6. The molecule has 4 aromatic carbocycles. The van der Waals surface area contributed by atoms with E-state index >= 15 is 0 Å². The number of nitrogens with two attached hydrogens (primary N) is 1. The first-order valence-corrected chi connectivity index (χ1v) is 26.9. The molecule has 8 aromatic rings. The van der Waals surface area contributed by atoms with E-state index in [4.69, 9.17) is 37.8 Å². The molecule has 77 heavy (non-hydrogen) atoms. The summed E-state index contributed by atoms with van der Waals surface area (Å²) < 4.78 is 12.8. The summed E-state index contributed by atoms with van der Waals surface area (Å²) in [6, 6.07) is 39.8. The lowest BCUT2D eigenvalue weighted by Gasteiger charge is -2.35. The van der Waals surface area contributed by atoms with Gasteiger partial charge in [-0.3, -0.25) is 19.2 Å². The molecular formula is C61H67BCl2N6O7. The van der Waals surface area contributed by atoms with Gasteiger partial charge in [-0.2, -0.15) is 0 Å². The van der Waals surface area contributed by atoms with Crippen LogP contribution in [0, 0.1) is 25.7 Å². The zero-order valence-corrected chi connectivity index (χ0v) is 46.3. The van der Waals surface area contributed by atoms with Crippen molar-refractivity contribution in [1.82, 2.24) is 25.0 Å². The largest absolute Gasteiger partial charge is 0.440 e. The summed E-state index contributed by atoms with van der Waals surface area (Å²) in [5, 5.41) is 13.8. The van der Waals surface area contributed by atoms with E-state index in [0.717, 1.165) is 22.3 Å². The van der Waals surface area contributed by atoms with Crippen molar-refractivity contribution >= 4 is 64.3 Å². The molecule has 16 heteroatoms. The van der Waals surface area contributed by atoms with Crippen LogP contribution in [0.3, 0.4) is 0 Å². The first kappa shape index (κ1) is 57.8. The van der Waals surface area contributed by atoms with Gasteiger partial charge in [0.25, 0.3) is 11.8 Å². The molecule has 0 radical (unpaired) electrons. The number of pyridine rings is 2. The van der Waals surface area contributed by atoms with Gasteiger partial charge in [0.2, 0.25) is 11.4 Å². The van der Waals surface area contributed by atoms with Crippen molar-refractivity contribution in [2.45, 2.75) is 86.1 Å². The molecule has 4 N–H and O–H groups in total. The molecule has 0 bridgehead atoms. The highest BCUT2D eigenvalue weighted by molar-refractivity contribution is 6.45. The number of hydrogen-bond acceptors (Lipinski definition) is 11. The zero-order chi connectivity index (χ0) is 55.3. The molecular weight excluding hydrogens is 1010 g/mol. The Morgan fingerprint density at radius 2 is 1.00 bits per heavy atom. The highest BCUT2D eigenvalue weighted by atomic mass is 35.5. The van der Waals surface area contributed by atoms with E-state index < -0.39 is 19.1 Å². The molecule has 0 aliphatic rings. The van der Waals surface area contributed by atoms with Crippen LogP contribution in [0.15, 0.2) is 152 Å². The Morgan fingerprint density at radius 3 is 1.36 bits per heavy atom. The first-order chi connectivity index (χ1) is 36.9. The molecule has 13 nitrogen and oxygen atoms in total. The fraction of sp³-hybridized carbons (Fsp3) is 0.311. The topological polar surface area (TPSA) is 185 Å². The zero-order valence-electron chi connectivity index (χ0n) is 44.8. The Balaban J connectivity index is 0.000000224. The lowest BCUT2D eigenvalue weighted by Crippen LogP contribution is -2.41. The van der Waals surface area contributed by atoms with E-state index in [1.54, 1.807) is 40.9 Å². The molecule has 0 aliphatic carbocycles. The summed E-state index contributed by atoms with van der Waals surface area (Å²) >= 11 is 12.3. The van der Waals surface area contributed by atoms with Crippen molar-refractivity contribution in [3.63, 3.8) is 0 Å². The fourth-order valence-corrected chi connectivity index (χ4v) is 9.80. The summed E-state index contributed by atoms with van der Waals surface area (Å²) in [7, 11) is -0.658. The molecule has 0 spiro atoms. The number of nitrogens with zero attached hydrogens (tertiary/aromatic N) is 4.